The Labute approximate surface area is 143 Å². The van der Waals surface area contributed by atoms with E-state index in [2.05, 4.69) is 4.98 Å². The molecule has 5 heteroatoms. The van der Waals surface area contributed by atoms with Crippen molar-refractivity contribution >= 4 is 21.7 Å². The standard InChI is InChI=1S/C20H15NO4/c1-23-17-9-15(21-10-18(17)24-2)14-11-25-16-8-7-12-5-3-4-6-13(12)19(16)20(14)22/h3-11H,1-2H3. The number of pyridine rings is 1. The Morgan fingerprint density at radius 3 is 2.60 bits per heavy atom. The highest BCUT2D eigenvalue weighted by molar-refractivity contribution is 6.06. The van der Waals surface area contributed by atoms with Crippen LogP contribution in [0.2, 0.25) is 0 Å². The number of nitrogens with zero attached hydrogens (tertiary/aromatic N) is 1. The monoisotopic (exact) mass is 333 g/mol. The van der Waals surface area contributed by atoms with E-state index < -0.39 is 0 Å². The minimum Gasteiger partial charge on any atom is -0.493 e. The topological polar surface area (TPSA) is 61.6 Å². The zero-order valence-electron chi connectivity index (χ0n) is 13.8. The lowest BCUT2D eigenvalue weighted by atomic mass is 10.0. The zero-order chi connectivity index (χ0) is 17.4. The number of methoxy groups -OCH3 is 2. The molecule has 0 fully saturated rings. The van der Waals surface area contributed by atoms with Gasteiger partial charge < -0.3 is 13.9 Å². The molecule has 0 spiro atoms. The van der Waals surface area contributed by atoms with Crippen LogP contribution in [-0.4, -0.2) is 19.2 Å². The van der Waals surface area contributed by atoms with Crippen molar-refractivity contribution < 1.29 is 13.9 Å². The second-order valence-corrected chi connectivity index (χ2v) is 5.56. The molecule has 0 saturated heterocycles. The maximum absolute atomic E-state index is 13.1. The molecule has 2 aromatic heterocycles. The van der Waals surface area contributed by atoms with Crippen molar-refractivity contribution in [3.05, 3.63) is 65.1 Å². The van der Waals surface area contributed by atoms with Crippen LogP contribution in [0.25, 0.3) is 33.0 Å². The van der Waals surface area contributed by atoms with E-state index in [1.165, 1.54) is 26.7 Å². The van der Waals surface area contributed by atoms with Gasteiger partial charge in [0, 0.05) is 6.07 Å². The van der Waals surface area contributed by atoms with Crippen LogP contribution < -0.4 is 14.9 Å². The molecule has 0 radical (unpaired) electrons. The lowest BCUT2D eigenvalue weighted by molar-refractivity contribution is 0.353. The maximum Gasteiger partial charge on any atom is 0.202 e. The molecular formula is C20H15NO4. The predicted octanol–water partition coefficient (Wildman–Crippen LogP) is 4.03. The van der Waals surface area contributed by atoms with E-state index in [-0.39, 0.29) is 5.43 Å². The van der Waals surface area contributed by atoms with E-state index in [1.54, 1.807) is 6.07 Å². The molecule has 2 aromatic carbocycles. The third-order valence-corrected chi connectivity index (χ3v) is 4.21. The summed E-state index contributed by atoms with van der Waals surface area (Å²) in [6, 6.07) is 13.1. The SMILES string of the molecule is COc1cnc(-c2coc3ccc4ccccc4c3c2=O)cc1OC. The average Bonchev–Trinajstić information content (AvgIpc) is 2.67. The van der Waals surface area contributed by atoms with Crippen molar-refractivity contribution in [2.75, 3.05) is 14.2 Å². The highest BCUT2D eigenvalue weighted by Crippen LogP contribution is 2.30. The number of hydrogen-bond acceptors (Lipinski definition) is 5. The van der Waals surface area contributed by atoms with Gasteiger partial charge in [-0.15, -0.1) is 0 Å². The van der Waals surface area contributed by atoms with Crippen molar-refractivity contribution in [3.8, 4) is 22.8 Å². The molecule has 0 bridgehead atoms. The summed E-state index contributed by atoms with van der Waals surface area (Å²) in [5.74, 6) is 1.01. The Balaban J connectivity index is 2.02. The van der Waals surface area contributed by atoms with Gasteiger partial charge in [0.05, 0.1) is 37.1 Å². The van der Waals surface area contributed by atoms with Crippen LogP contribution >= 0.6 is 0 Å². The Bertz CT molecular complexity index is 1150. The van der Waals surface area contributed by atoms with Gasteiger partial charge in [-0.3, -0.25) is 9.78 Å². The van der Waals surface area contributed by atoms with Crippen LogP contribution in [0.4, 0.5) is 0 Å². The Morgan fingerprint density at radius 2 is 1.80 bits per heavy atom. The quantitative estimate of drug-likeness (QED) is 0.530. The Morgan fingerprint density at radius 1 is 1.00 bits per heavy atom. The first-order chi connectivity index (χ1) is 12.2. The second kappa shape index (κ2) is 5.94. The molecule has 5 nitrogen and oxygen atoms in total. The summed E-state index contributed by atoms with van der Waals surface area (Å²) >= 11 is 0. The summed E-state index contributed by atoms with van der Waals surface area (Å²) < 4.78 is 16.2. The highest BCUT2D eigenvalue weighted by atomic mass is 16.5. The zero-order valence-corrected chi connectivity index (χ0v) is 13.8. The number of hydrogen-bond donors (Lipinski definition) is 0. The Hall–Kier alpha value is -3.34. The van der Waals surface area contributed by atoms with Gasteiger partial charge in [-0.25, -0.2) is 0 Å². The van der Waals surface area contributed by atoms with Gasteiger partial charge in [-0.2, -0.15) is 0 Å². The third-order valence-electron chi connectivity index (χ3n) is 4.21. The number of ether oxygens (including phenoxy) is 2. The van der Waals surface area contributed by atoms with Crippen LogP contribution in [0.3, 0.4) is 0 Å². The van der Waals surface area contributed by atoms with Gasteiger partial charge >= 0.3 is 0 Å². The van der Waals surface area contributed by atoms with Gasteiger partial charge in [-0.1, -0.05) is 30.3 Å². The summed E-state index contributed by atoms with van der Waals surface area (Å²) in [6.45, 7) is 0. The van der Waals surface area contributed by atoms with Gasteiger partial charge in [0.1, 0.15) is 11.8 Å². The summed E-state index contributed by atoms with van der Waals surface area (Å²) in [6.07, 6.45) is 2.97. The first-order valence-electron chi connectivity index (χ1n) is 7.74. The van der Waals surface area contributed by atoms with Gasteiger partial charge in [0.25, 0.3) is 0 Å². The highest BCUT2D eigenvalue weighted by Gasteiger charge is 2.15. The molecule has 2 heterocycles. The number of fused-ring (bicyclic) bond motifs is 3. The molecule has 0 N–H and O–H groups in total. The van der Waals surface area contributed by atoms with Gasteiger partial charge in [0.2, 0.25) is 5.43 Å². The molecule has 124 valence electrons. The average molecular weight is 333 g/mol. The fraction of sp³-hybridized carbons (Fsp3) is 0.100. The van der Waals surface area contributed by atoms with Crippen LogP contribution in [-0.2, 0) is 0 Å². The van der Waals surface area contributed by atoms with Gasteiger partial charge in [0.15, 0.2) is 11.5 Å². The first kappa shape index (κ1) is 15.2. The summed E-state index contributed by atoms with van der Waals surface area (Å²) in [4.78, 5) is 17.4. The van der Waals surface area contributed by atoms with Crippen LogP contribution in [0.5, 0.6) is 11.5 Å². The van der Waals surface area contributed by atoms with E-state index >= 15 is 0 Å². The minimum absolute atomic E-state index is 0.127. The van der Waals surface area contributed by atoms with Crippen molar-refractivity contribution in [1.82, 2.24) is 4.98 Å². The summed E-state index contributed by atoms with van der Waals surface area (Å²) in [5, 5.41) is 2.39. The van der Waals surface area contributed by atoms with Crippen molar-refractivity contribution in [1.29, 1.82) is 0 Å². The summed E-state index contributed by atoms with van der Waals surface area (Å²) in [7, 11) is 3.08. The van der Waals surface area contributed by atoms with E-state index in [9.17, 15) is 4.79 Å². The molecule has 0 saturated carbocycles. The van der Waals surface area contributed by atoms with Crippen LogP contribution in [0.1, 0.15) is 0 Å². The maximum atomic E-state index is 13.1. The molecule has 4 rings (SSSR count). The molecule has 25 heavy (non-hydrogen) atoms. The van der Waals surface area contributed by atoms with Crippen molar-refractivity contribution in [3.63, 3.8) is 0 Å². The molecule has 4 aromatic rings. The molecular weight excluding hydrogens is 318 g/mol. The van der Waals surface area contributed by atoms with Crippen LogP contribution in [0, 0.1) is 0 Å². The number of rotatable bonds is 3. The third kappa shape index (κ3) is 2.41. The largest absolute Gasteiger partial charge is 0.493 e. The van der Waals surface area contributed by atoms with E-state index in [0.29, 0.717) is 33.7 Å². The van der Waals surface area contributed by atoms with Crippen molar-refractivity contribution in [2.24, 2.45) is 0 Å². The molecule has 0 atom stereocenters. The smallest absolute Gasteiger partial charge is 0.202 e. The fourth-order valence-corrected chi connectivity index (χ4v) is 2.96. The Kier molecular flexibility index (Phi) is 3.61. The first-order valence-corrected chi connectivity index (χ1v) is 7.74. The number of benzene rings is 2. The molecule has 0 aliphatic heterocycles. The predicted molar refractivity (Wildman–Crippen MR) is 96.3 cm³/mol. The minimum atomic E-state index is -0.127. The lowest BCUT2D eigenvalue weighted by Gasteiger charge is -2.09. The van der Waals surface area contributed by atoms with Gasteiger partial charge in [-0.05, 0) is 16.8 Å². The summed E-state index contributed by atoms with van der Waals surface area (Å²) in [5.41, 5.74) is 1.27. The molecule has 0 aliphatic carbocycles. The molecule has 0 aliphatic rings. The lowest BCUT2D eigenvalue weighted by Crippen LogP contribution is -2.06. The van der Waals surface area contributed by atoms with Crippen LogP contribution in [0.15, 0.2) is 64.1 Å². The molecule has 0 unspecified atom stereocenters. The van der Waals surface area contributed by atoms with E-state index in [1.807, 2.05) is 36.4 Å². The fourth-order valence-electron chi connectivity index (χ4n) is 2.96. The molecule has 0 amide bonds. The van der Waals surface area contributed by atoms with Crippen molar-refractivity contribution in [2.45, 2.75) is 0 Å². The normalized spacial score (nSPS) is 11.0. The van der Waals surface area contributed by atoms with E-state index in [0.717, 1.165) is 10.8 Å². The number of aromatic nitrogens is 1. The van der Waals surface area contributed by atoms with E-state index in [4.69, 9.17) is 13.9 Å². The second-order valence-electron chi connectivity index (χ2n) is 5.56.